The number of carbonyl (C=O) groups is 1. The number of esters is 1. The number of furan rings is 1. The van der Waals surface area contributed by atoms with E-state index in [9.17, 15) is 13.2 Å². The zero-order valence-electron chi connectivity index (χ0n) is 10.7. The van der Waals surface area contributed by atoms with Gasteiger partial charge in [0.15, 0.2) is 0 Å². The molecule has 1 aliphatic rings. The monoisotopic (exact) mass is 287 g/mol. The van der Waals surface area contributed by atoms with Gasteiger partial charge in [0, 0.05) is 12.1 Å². The van der Waals surface area contributed by atoms with Crippen LogP contribution in [-0.2, 0) is 26.1 Å². The predicted octanol–water partition coefficient (Wildman–Crippen LogP) is 1.04. The van der Waals surface area contributed by atoms with Crippen molar-refractivity contribution in [3.05, 3.63) is 24.2 Å². The number of hydrogen-bond acceptors (Lipinski definition) is 5. The van der Waals surface area contributed by atoms with Gasteiger partial charge >= 0.3 is 5.97 Å². The fraction of sp³-hybridized carbons (Fsp3) is 0.583. The minimum atomic E-state index is -3.53. The van der Waals surface area contributed by atoms with E-state index in [4.69, 9.17) is 4.42 Å². The molecule has 2 atom stereocenters. The molecule has 0 aliphatic heterocycles. The second kappa shape index (κ2) is 5.75. The topological polar surface area (TPSA) is 85.6 Å². The first-order valence-electron chi connectivity index (χ1n) is 6.12. The molecule has 106 valence electrons. The summed E-state index contributed by atoms with van der Waals surface area (Å²) >= 11 is 0. The van der Waals surface area contributed by atoms with Crippen molar-refractivity contribution in [3.63, 3.8) is 0 Å². The Kier molecular flexibility index (Phi) is 4.26. The average Bonchev–Trinajstić information content (AvgIpc) is 3.06. The van der Waals surface area contributed by atoms with Crippen LogP contribution in [0.4, 0.5) is 0 Å². The summed E-state index contributed by atoms with van der Waals surface area (Å²) in [5, 5.41) is -0.702. The third kappa shape index (κ3) is 3.16. The van der Waals surface area contributed by atoms with Gasteiger partial charge in [-0.05, 0) is 18.9 Å². The summed E-state index contributed by atoms with van der Waals surface area (Å²) in [5.41, 5.74) is 0.746. The second-order valence-corrected chi connectivity index (χ2v) is 6.58. The highest BCUT2D eigenvalue weighted by Gasteiger charge is 2.41. The van der Waals surface area contributed by atoms with E-state index in [1.54, 1.807) is 6.07 Å². The summed E-state index contributed by atoms with van der Waals surface area (Å²) in [7, 11) is -2.25. The fourth-order valence-corrected chi connectivity index (χ4v) is 4.14. The average molecular weight is 287 g/mol. The van der Waals surface area contributed by atoms with E-state index < -0.39 is 27.2 Å². The highest BCUT2D eigenvalue weighted by Crippen LogP contribution is 2.31. The molecule has 6 nitrogen and oxygen atoms in total. The van der Waals surface area contributed by atoms with Crippen LogP contribution >= 0.6 is 0 Å². The van der Waals surface area contributed by atoms with Crippen LogP contribution in [0.3, 0.4) is 0 Å². The summed E-state index contributed by atoms with van der Waals surface area (Å²) in [5.74, 6) is -1.01. The number of methoxy groups -OCH3 is 1. The molecular weight excluding hydrogens is 270 g/mol. The van der Waals surface area contributed by atoms with Gasteiger partial charge < -0.3 is 9.15 Å². The van der Waals surface area contributed by atoms with Crippen LogP contribution in [0.1, 0.15) is 24.8 Å². The van der Waals surface area contributed by atoms with Gasteiger partial charge in [-0.15, -0.1) is 0 Å². The second-order valence-electron chi connectivity index (χ2n) is 4.60. The highest BCUT2D eigenvalue weighted by molar-refractivity contribution is 7.90. The van der Waals surface area contributed by atoms with E-state index in [0.29, 0.717) is 12.8 Å². The number of sulfonamides is 1. The Morgan fingerprint density at radius 2 is 2.32 bits per heavy atom. The Balaban J connectivity index is 2.04. The van der Waals surface area contributed by atoms with Crippen molar-refractivity contribution >= 4 is 16.0 Å². The Bertz CT molecular complexity index is 522. The molecule has 0 radical (unpaired) electrons. The van der Waals surface area contributed by atoms with Crippen molar-refractivity contribution in [1.29, 1.82) is 0 Å². The summed E-state index contributed by atoms with van der Waals surface area (Å²) in [4.78, 5) is 11.6. The molecule has 0 bridgehead atoms. The summed E-state index contributed by atoms with van der Waals surface area (Å²) in [6.45, 7) is 0.170. The standard InChI is InChI=1S/C12H17NO5S/c1-17-12(14)10-3-2-4-11(10)19(15,16)13-7-9-5-6-18-8-9/h5-6,8,10-11,13H,2-4,7H2,1H3. The molecule has 0 amide bonds. The molecule has 1 aliphatic carbocycles. The van der Waals surface area contributed by atoms with Crippen molar-refractivity contribution in [2.75, 3.05) is 7.11 Å². The Morgan fingerprint density at radius 1 is 1.53 bits per heavy atom. The molecule has 19 heavy (non-hydrogen) atoms. The minimum Gasteiger partial charge on any atom is -0.472 e. The summed E-state index contributed by atoms with van der Waals surface area (Å²) in [6.07, 6.45) is 4.73. The van der Waals surface area contributed by atoms with E-state index in [1.165, 1.54) is 19.6 Å². The normalized spacial score (nSPS) is 23.4. The van der Waals surface area contributed by atoms with Crippen molar-refractivity contribution in [3.8, 4) is 0 Å². The Hall–Kier alpha value is -1.34. The molecule has 1 aromatic rings. The molecule has 2 unspecified atom stereocenters. The van der Waals surface area contributed by atoms with Gasteiger partial charge in [-0.25, -0.2) is 13.1 Å². The minimum absolute atomic E-state index is 0.170. The van der Waals surface area contributed by atoms with Crippen LogP contribution in [0.25, 0.3) is 0 Å². The van der Waals surface area contributed by atoms with Crippen molar-refractivity contribution in [2.45, 2.75) is 31.1 Å². The SMILES string of the molecule is COC(=O)C1CCCC1S(=O)(=O)NCc1ccoc1. The number of carbonyl (C=O) groups excluding carboxylic acids is 1. The third-order valence-electron chi connectivity index (χ3n) is 3.41. The zero-order chi connectivity index (χ0) is 13.9. The first-order valence-corrected chi connectivity index (χ1v) is 7.66. The summed E-state index contributed by atoms with van der Waals surface area (Å²) < 4.78 is 36.5. The lowest BCUT2D eigenvalue weighted by Crippen LogP contribution is -2.39. The number of hydrogen-bond donors (Lipinski definition) is 1. The van der Waals surface area contributed by atoms with Gasteiger partial charge in [-0.2, -0.15) is 0 Å². The maximum absolute atomic E-state index is 12.2. The molecule has 1 fully saturated rings. The van der Waals surface area contributed by atoms with Gasteiger partial charge in [0.25, 0.3) is 0 Å². The molecule has 0 saturated heterocycles. The van der Waals surface area contributed by atoms with Gasteiger partial charge in [0.1, 0.15) is 0 Å². The number of rotatable bonds is 5. The van der Waals surface area contributed by atoms with E-state index in [0.717, 1.165) is 12.0 Å². The number of ether oxygens (including phenoxy) is 1. The smallest absolute Gasteiger partial charge is 0.310 e. The third-order valence-corrected chi connectivity index (χ3v) is 5.32. The van der Waals surface area contributed by atoms with Crippen molar-refractivity contribution < 1.29 is 22.4 Å². The van der Waals surface area contributed by atoms with Gasteiger partial charge in [0.2, 0.25) is 10.0 Å². The lowest BCUT2D eigenvalue weighted by atomic mass is 10.1. The Labute approximate surface area is 112 Å². The van der Waals surface area contributed by atoms with E-state index >= 15 is 0 Å². The molecule has 1 N–H and O–H groups in total. The molecule has 7 heteroatoms. The van der Waals surface area contributed by atoms with E-state index in [2.05, 4.69) is 9.46 Å². The molecule has 2 rings (SSSR count). The molecular formula is C12H17NO5S. The predicted molar refractivity (Wildman–Crippen MR) is 67.6 cm³/mol. The van der Waals surface area contributed by atoms with Crippen LogP contribution in [0.5, 0.6) is 0 Å². The molecule has 0 spiro atoms. The highest BCUT2D eigenvalue weighted by atomic mass is 32.2. The van der Waals surface area contributed by atoms with Crippen LogP contribution in [0.15, 0.2) is 23.0 Å². The van der Waals surface area contributed by atoms with Crippen LogP contribution in [-0.4, -0.2) is 26.7 Å². The fourth-order valence-electron chi connectivity index (χ4n) is 2.40. The molecule has 1 heterocycles. The van der Waals surface area contributed by atoms with E-state index in [-0.39, 0.29) is 6.54 Å². The quantitative estimate of drug-likeness (QED) is 0.818. The lowest BCUT2D eigenvalue weighted by Gasteiger charge is -2.18. The van der Waals surface area contributed by atoms with Gasteiger partial charge in [0.05, 0.1) is 30.8 Å². The maximum Gasteiger partial charge on any atom is 0.310 e. The van der Waals surface area contributed by atoms with Crippen molar-refractivity contribution in [1.82, 2.24) is 4.72 Å². The molecule has 1 saturated carbocycles. The van der Waals surface area contributed by atoms with Gasteiger partial charge in [-0.1, -0.05) is 6.42 Å². The molecule has 1 aromatic heterocycles. The van der Waals surface area contributed by atoms with Crippen LogP contribution in [0.2, 0.25) is 0 Å². The largest absolute Gasteiger partial charge is 0.472 e. The number of nitrogens with one attached hydrogen (secondary N) is 1. The lowest BCUT2D eigenvalue weighted by molar-refractivity contribution is -0.145. The van der Waals surface area contributed by atoms with Crippen LogP contribution < -0.4 is 4.72 Å². The maximum atomic E-state index is 12.2. The Morgan fingerprint density at radius 3 is 2.95 bits per heavy atom. The zero-order valence-corrected chi connectivity index (χ0v) is 11.5. The molecule has 0 aromatic carbocycles. The van der Waals surface area contributed by atoms with Gasteiger partial charge in [-0.3, -0.25) is 4.79 Å². The van der Waals surface area contributed by atoms with Crippen molar-refractivity contribution in [2.24, 2.45) is 5.92 Å². The first kappa shape index (κ1) is 14.1. The first-order chi connectivity index (χ1) is 9.04. The summed E-state index contributed by atoms with van der Waals surface area (Å²) in [6, 6.07) is 1.69. The van der Waals surface area contributed by atoms with Crippen LogP contribution in [0, 0.1) is 5.92 Å². The van der Waals surface area contributed by atoms with E-state index in [1.807, 2.05) is 0 Å².